The number of aliphatic hydroxyl groups excluding tert-OH is 12. The zero-order valence-corrected chi connectivity index (χ0v) is 39.0. The quantitative estimate of drug-likeness (QED) is 0.0728. The highest BCUT2D eigenvalue weighted by molar-refractivity contribution is 5.80. The van der Waals surface area contributed by atoms with Crippen LogP contribution in [0.25, 0.3) is 0 Å². The Morgan fingerprint density at radius 1 is 0.682 bits per heavy atom. The van der Waals surface area contributed by atoms with Gasteiger partial charge in [0.1, 0.15) is 72.6 Å². The average molecular weight is 945 g/mol. The largest absolute Gasteiger partial charge is 0.432 e. The Kier molecular flexibility index (Phi) is 13.9. The Labute approximate surface area is 385 Å². The number of ether oxygens (including phenoxy) is 6. The number of aliphatic hydroxyl groups is 12. The molecule has 3 aliphatic heterocycles. The molecule has 0 aromatic rings. The molecule has 3 saturated heterocycles. The first-order chi connectivity index (χ1) is 30.9. The summed E-state index contributed by atoms with van der Waals surface area (Å²) in [7, 11) is 0. The Morgan fingerprint density at radius 2 is 1.30 bits per heavy atom. The molecule has 0 aromatic heterocycles. The van der Waals surface area contributed by atoms with Crippen LogP contribution in [0.1, 0.15) is 99.3 Å². The van der Waals surface area contributed by atoms with Crippen molar-refractivity contribution in [2.24, 2.45) is 50.2 Å². The van der Waals surface area contributed by atoms with Gasteiger partial charge in [-0.25, -0.2) is 0 Å². The third-order valence-electron chi connectivity index (χ3n) is 19.1. The van der Waals surface area contributed by atoms with Gasteiger partial charge >= 0.3 is 5.97 Å². The number of esters is 1. The lowest BCUT2D eigenvalue weighted by atomic mass is 9.33. The summed E-state index contributed by atoms with van der Waals surface area (Å²) >= 11 is 0. The number of carbonyl (C=O) groups excluding carboxylic acids is 1. The summed E-state index contributed by atoms with van der Waals surface area (Å²) in [5, 5.41) is 129. The summed E-state index contributed by atoms with van der Waals surface area (Å²) in [6.07, 6.45) is -16.4. The smallest absolute Gasteiger partial charge is 0.317 e. The van der Waals surface area contributed by atoms with Crippen molar-refractivity contribution in [3.05, 3.63) is 11.6 Å². The normalized spacial score (nSPS) is 54.8. The van der Waals surface area contributed by atoms with Gasteiger partial charge in [-0.15, -0.1) is 0 Å². The van der Waals surface area contributed by atoms with Gasteiger partial charge in [0.25, 0.3) is 0 Å². The molecule has 24 atom stereocenters. The van der Waals surface area contributed by atoms with E-state index >= 15 is 0 Å². The first kappa shape index (κ1) is 50.9. The van der Waals surface area contributed by atoms with E-state index < -0.39 is 140 Å². The van der Waals surface area contributed by atoms with Crippen LogP contribution < -0.4 is 0 Å². The lowest BCUT2D eigenvalue weighted by Gasteiger charge is -2.72. The van der Waals surface area contributed by atoms with Gasteiger partial charge in [-0.1, -0.05) is 53.2 Å². The fourth-order valence-electron chi connectivity index (χ4n) is 14.9. The number of hydrogen-bond acceptors (Lipinski definition) is 19. The van der Waals surface area contributed by atoms with Crippen LogP contribution >= 0.6 is 0 Å². The molecule has 0 bridgehead atoms. The Bertz CT molecular complexity index is 1800. The third-order valence-corrected chi connectivity index (χ3v) is 19.1. The Hall–Kier alpha value is -1.47. The van der Waals surface area contributed by atoms with Crippen molar-refractivity contribution in [1.82, 2.24) is 0 Å². The van der Waals surface area contributed by atoms with Gasteiger partial charge in [0.05, 0.1) is 38.6 Å². The van der Waals surface area contributed by atoms with E-state index in [1.165, 1.54) is 0 Å². The minimum atomic E-state index is -1.79. The number of allylic oxidation sites excluding steroid dienone is 2. The topological polar surface area (TPSA) is 315 Å². The van der Waals surface area contributed by atoms with Crippen LogP contribution in [0.15, 0.2) is 11.6 Å². The van der Waals surface area contributed by atoms with E-state index in [1.54, 1.807) is 0 Å². The second kappa shape index (κ2) is 18.0. The lowest BCUT2D eigenvalue weighted by molar-refractivity contribution is -0.358. The van der Waals surface area contributed by atoms with Gasteiger partial charge in [-0.2, -0.15) is 0 Å². The monoisotopic (exact) mass is 944 g/mol. The van der Waals surface area contributed by atoms with Crippen molar-refractivity contribution in [1.29, 1.82) is 0 Å². The molecule has 4 saturated carbocycles. The number of fused-ring (bicyclic) bond motifs is 7. The van der Waals surface area contributed by atoms with Gasteiger partial charge in [0.15, 0.2) is 12.6 Å². The van der Waals surface area contributed by atoms with Gasteiger partial charge in [-0.05, 0) is 97.2 Å². The van der Waals surface area contributed by atoms with Crippen molar-refractivity contribution >= 4 is 5.97 Å². The fourth-order valence-corrected chi connectivity index (χ4v) is 14.9. The first-order valence-corrected chi connectivity index (χ1v) is 24.0. The Morgan fingerprint density at radius 3 is 1.92 bits per heavy atom. The fraction of sp³-hybridized carbons (Fsp3) is 0.936. The zero-order valence-electron chi connectivity index (χ0n) is 39.0. The molecule has 19 heteroatoms. The molecule has 24 unspecified atom stereocenters. The highest BCUT2D eigenvalue weighted by Gasteiger charge is 2.72. The summed E-state index contributed by atoms with van der Waals surface area (Å²) in [6, 6.07) is 0. The van der Waals surface area contributed by atoms with Crippen molar-refractivity contribution in [3.8, 4) is 0 Å². The van der Waals surface area contributed by atoms with E-state index in [0.717, 1.165) is 12.0 Å². The first-order valence-electron chi connectivity index (χ1n) is 24.0. The van der Waals surface area contributed by atoms with Crippen molar-refractivity contribution in [3.63, 3.8) is 0 Å². The molecule has 8 rings (SSSR count). The number of rotatable bonds is 9. The van der Waals surface area contributed by atoms with Crippen LogP contribution in [0, 0.1) is 50.2 Å². The molecule has 5 aliphatic carbocycles. The van der Waals surface area contributed by atoms with E-state index in [-0.39, 0.29) is 47.7 Å². The lowest BCUT2D eigenvalue weighted by Crippen LogP contribution is -2.69. The predicted octanol–water partition coefficient (Wildman–Crippen LogP) is -1.28. The minimum Gasteiger partial charge on any atom is -0.432 e. The number of carbonyl (C=O) groups is 1. The molecule has 3 heterocycles. The number of hydrogen-bond donors (Lipinski definition) is 12. The van der Waals surface area contributed by atoms with Crippen molar-refractivity contribution < 1.29 is 94.5 Å². The molecule has 12 N–H and O–H groups in total. The van der Waals surface area contributed by atoms with Gasteiger partial charge in [0.2, 0.25) is 6.29 Å². The Balaban J connectivity index is 1.04. The van der Waals surface area contributed by atoms with Crippen molar-refractivity contribution in [2.75, 3.05) is 26.4 Å². The molecule has 0 aromatic carbocycles. The SMILES string of the molecule is CC1(C)CCC2(C(=O)OC3OC(CO)C(O)C(O)C3O)C(O)CC3(C)C(=CCC4C5(C)CCC(OC6OCC(O)C(OC7OC(CO)C(O)C(O)C7O)C6O)C(C)(CO)C5CCC43C)C2C1. The van der Waals surface area contributed by atoms with Crippen LogP contribution in [0.3, 0.4) is 0 Å². The van der Waals surface area contributed by atoms with Crippen LogP contribution in [0.2, 0.25) is 0 Å². The zero-order chi connectivity index (χ0) is 48.3. The maximum atomic E-state index is 14.7. The predicted molar refractivity (Wildman–Crippen MR) is 227 cm³/mol. The molecule has 7 fully saturated rings. The van der Waals surface area contributed by atoms with Crippen LogP contribution in [0.5, 0.6) is 0 Å². The van der Waals surface area contributed by atoms with E-state index in [4.69, 9.17) is 28.4 Å². The third kappa shape index (κ3) is 7.68. The van der Waals surface area contributed by atoms with Gasteiger partial charge in [0, 0.05) is 5.41 Å². The summed E-state index contributed by atoms with van der Waals surface area (Å²) < 4.78 is 35.2. The van der Waals surface area contributed by atoms with Crippen LogP contribution in [0.4, 0.5) is 0 Å². The molecule has 8 aliphatic rings. The minimum absolute atomic E-state index is 0.0738. The molecule has 0 amide bonds. The summed E-state index contributed by atoms with van der Waals surface area (Å²) in [4.78, 5) is 14.7. The van der Waals surface area contributed by atoms with Crippen molar-refractivity contribution in [2.45, 2.75) is 198 Å². The molecule has 66 heavy (non-hydrogen) atoms. The van der Waals surface area contributed by atoms with E-state index in [1.807, 2.05) is 6.92 Å². The van der Waals surface area contributed by atoms with E-state index in [2.05, 4.69) is 40.7 Å². The standard InChI is InChI=1S/C47H76O19/c1-42(2)13-14-47(41(60)66-40-35(58)33(56)31(54)25(18-49)63-40)22(15-42)21-7-8-27-43(3)11-10-29(44(4,20-50)26(43)9-12-45(27,5)46(21,6)16-28(47)52)64-38-36(59)37(23(51)19-61-38)65-39-34(57)32(55)30(53)24(17-48)62-39/h7,22-40,48-59H,8-20H2,1-6H3. The highest BCUT2D eigenvalue weighted by atomic mass is 16.7. The molecular formula is C47H76O19. The van der Waals surface area contributed by atoms with Crippen LogP contribution in [-0.2, 0) is 33.2 Å². The second-order valence-electron chi connectivity index (χ2n) is 23.0. The van der Waals surface area contributed by atoms with Crippen LogP contribution in [-0.4, -0.2) is 192 Å². The van der Waals surface area contributed by atoms with E-state index in [9.17, 15) is 66.1 Å². The second-order valence-corrected chi connectivity index (χ2v) is 23.0. The molecule has 19 nitrogen and oxygen atoms in total. The molecule has 378 valence electrons. The van der Waals surface area contributed by atoms with Gasteiger partial charge < -0.3 is 89.7 Å². The molecular weight excluding hydrogens is 868 g/mol. The average Bonchev–Trinajstić information content (AvgIpc) is 3.27. The maximum absolute atomic E-state index is 14.7. The summed E-state index contributed by atoms with van der Waals surface area (Å²) in [5.41, 5.74) is -2.63. The van der Waals surface area contributed by atoms with E-state index in [0.29, 0.717) is 44.9 Å². The molecule has 0 spiro atoms. The molecule has 0 radical (unpaired) electrons. The maximum Gasteiger partial charge on any atom is 0.317 e. The highest BCUT2D eigenvalue weighted by Crippen LogP contribution is 2.76. The summed E-state index contributed by atoms with van der Waals surface area (Å²) in [5.74, 6) is -1.19. The summed E-state index contributed by atoms with van der Waals surface area (Å²) in [6.45, 7) is 11.2. The van der Waals surface area contributed by atoms with Gasteiger partial charge in [-0.3, -0.25) is 4.79 Å².